The SMILES string of the molecule is COc1ccc(-c2nc(C(F)(F)F)c(C(=O)NCCc3cccc(OC(F)(F)F)c3)s2)cc1. The fourth-order valence-electron chi connectivity index (χ4n) is 2.82. The molecule has 33 heavy (non-hydrogen) atoms. The molecule has 0 saturated heterocycles. The van der Waals surface area contributed by atoms with Crippen LogP contribution in [0.3, 0.4) is 0 Å². The van der Waals surface area contributed by atoms with Gasteiger partial charge < -0.3 is 14.8 Å². The van der Waals surface area contributed by atoms with Crippen molar-refractivity contribution < 1.29 is 40.6 Å². The van der Waals surface area contributed by atoms with Crippen LogP contribution in [0.15, 0.2) is 48.5 Å². The molecule has 1 aromatic heterocycles. The molecule has 0 fully saturated rings. The third-order valence-electron chi connectivity index (χ3n) is 4.27. The number of nitrogens with one attached hydrogen (secondary N) is 1. The van der Waals surface area contributed by atoms with Crippen molar-refractivity contribution in [1.29, 1.82) is 0 Å². The smallest absolute Gasteiger partial charge is 0.497 e. The van der Waals surface area contributed by atoms with E-state index in [0.717, 1.165) is 12.1 Å². The molecular formula is C21H16F6N2O3S. The third-order valence-corrected chi connectivity index (χ3v) is 5.37. The fraction of sp³-hybridized carbons (Fsp3) is 0.238. The Morgan fingerprint density at radius 2 is 1.73 bits per heavy atom. The van der Waals surface area contributed by atoms with Crippen molar-refractivity contribution in [3.63, 3.8) is 0 Å². The molecule has 0 atom stereocenters. The molecule has 0 aliphatic heterocycles. The lowest BCUT2D eigenvalue weighted by Gasteiger charge is -2.10. The molecular weight excluding hydrogens is 474 g/mol. The first-order valence-corrected chi connectivity index (χ1v) is 10.1. The van der Waals surface area contributed by atoms with Crippen molar-refractivity contribution in [3.8, 4) is 22.1 Å². The molecule has 2 aromatic carbocycles. The topological polar surface area (TPSA) is 60.5 Å². The Balaban J connectivity index is 1.72. The number of methoxy groups -OCH3 is 1. The number of hydrogen-bond acceptors (Lipinski definition) is 5. The molecule has 0 saturated carbocycles. The van der Waals surface area contributed by atoms with Crippen LogP contribution in [0.2, 0.25) is 0 Å². The Bertz CT molecular complexity index is 1110. The Morgan fingerprint density at radius 3 is 2.33 bits per heavy atom. The molecule has 3 rings (SSSR count). The molecule has 1 amide bonds. The van der Waals surface area contributed by atoms with Gasteiger partial charge in [-0.3, -0.25) is 4.79 Å². The maximum absolute atomic E-state index is 13.5. The van der Waals surface area contributed by atoms with E-state index in [2.05, 4.69) is 15.0 Å². The first kappa shape index (κ1) is 24.4. The Labute approximate surface area is 188 Å². The largest absolute Gasteiger partial charge is 0.573 e. The summed E-state index contributed by atoms with van der Waals surface area (Å²) in [6.07, 6.45) is -9.63. The number of carbonyl (C=O) groups is 1. The first-order valence-electron chi connectivity index (χ1n) is 9.31. The van der Waals surface area contributed by atoms with E-state index in [1.54, 1.807) is 12.1 Å². The molecule has 0 bridgehead atoms. The summed E-state index contributed by atoms with van der Waals surface area (Å²) in [6.45, 7) is -0.110. The van der Waals surface area contributed by atoms with Gasteiger partial charge in [0.1, 0.15) is 21.4 Å². The van der Waals surface area contributed by atoms with Crippen LogP contribution in [0, 0.1) is 0 Å². The average Bonchev–Trinajstić information content (AvgIpc) is 3.19. The van der Waals surface area contributed by atoms with Gasteiger partial charge in [-0.25, -0.2) is 4.98 Å². The van der Waals surface area contributed by atoms with Gasteiger partial charge in [0, 0.05) is 12.1 Å². The van der Waals surface area contributed by atoms with Crippen molar-refractivity contribution in [2.24, 2.45) is 0 Å². The minimum absolute atomic E-state index is 0.00660. The van der Waals surface area contributed by atoms with Crippen LogP contribution < -0.4 is 14.8 Å². The predicted molar refractivity (Wildman–Crippen MR) is 108 cm³/mol. The van der Waals surface area contributed by atoms with E-state index >= 15 is 0 Å². The molecule has 0 aliphatic rings. The molecule has 0 aliphatic carbocycles. The van der Waals surface area contributed by atoms with Gasteiger partial charge in [0.05, 0.1) is 7.11 Å². The Morgan fingerprint density at radius 1 is 1.03 bits per heavy atom. The van der Waals surface area contributed by atoms with Gasteiger partial charge in [-0.05, 0) is 48.4 Å². The van der Waals surface area contributed by atoms with E-state index in [1.165, 1.54) is 31.4 Å². The maximum Gasteiger partial charge on any atom is 0.573 e. The standard InChI is InChI=1S/C21H16F6N2O3S/c1-31-14-7-5-13(6-8-14)19-29-17(20(22,23)24)16(33-19)18(30)28-10-9-12-3-2-4-15(11-12)32-21(25,26)27/h2-8,11H,9-10H2,1H3,(H,28,30). The lowest BCUT2D eigenvalue weighted by atomic mass is 10.1. The minimum Gasteiger partial charge on any atom is -0.497 e. The van der Waals surface area contributed by atoms with E-state index in [1.807, 2.05) is 0 Å². The highest BCUT2D eigenvalue weighted by Crippen LogP contribution is 2.38. The van der Waals surface area contributed by atoms with Crippen LogP contribution >= 0.6 is 11.3 Å². The van der Waals surface area contributed by atoms with Crippen molar-refractivity contribution in [1.82, 2.24) is 10.3 Å². The number of carbonyl (C=O) groups excluding carboxylic acids is 1. The molecule has 0 unspecified atom stereocenters. The van der Waals surface area contributed by atoms with Crippen molar-refractivity contribution >= 4 is 17.2 Å². The van der Waals surface area contributed by atoms with Gasteiger partial charge in [-0.2, -0.15) is 13.2 Å². The second-order valence-electron chi connectivity index (χ2n) is 6.62. The quantitative estimate of drug-likeness (QED) is 0.431. The van der Waals surface area contributed by atoms with Gasteiger partial charge in [0.15, 0.2) is 5.69 Å². The van der Waals surface area contributed by atoms with E-state index in [4.69, 9.17) is 4.74 Å². The second-order valence-corrected chi connectivity index (χ2v) is 7.62. The zero-order chi connectivity index (χ0) is 24.2. The van der Waals surface area contributed by atoms with Crippen molar-refractivity contribution in [2.75, 3.05) is 13.7 Å². The highest BCUT2D eigenvalue weighted by molar-refractivity contribution is 7.17. The molecule has 176 valence electrons. The summed E-state index contributed by atoms with van der Waals surface area (Å²) < 4.78 is 86.2. The number of ether oxygens (including phenoxy) is 2. The van der Waals surface area contributed by atoms with Gasteiger partial charge >= 0.3 is 12.5 Å². The second kappa shape index (κ2) is 9.69. The van der Waals surface area contributed by atoms with Crippen molar-refractivity contribution in [2.45, 2.75) is 19.0 Å². The number of benzene rings is 2. The molecule has 3 aromatic rings. The van der Waals surface area contributed by atoms with Crippen LogP contribution in [-0.2, 0) is 12.6 Å². The van der Waals surface area contributed by atoms with Crippen molar-refractivity contribution in [3.05, 3.63) is 64.7 Å². The van der Waals surface area contributed by atoms with Gasteiger partial charge in [-0.1, -0.05) is 12.1 Å². The van der Waals surface area contributed by atoms with Crippen LogP contribution in [-0.4, -0.2) is 30.9 Å². The van der Waals surface area contributed by atoms with E-state index in [-0.39, 0.29) is 18.0 Å². The third kappa shape index (κ3) is 6.60. The van der Waals surface area contributed by atoms with Gasteiger partial charge in [-0.15, -0.1) is 24.5 Å². The fourth-order valence-corrected chi connectivity index (χ4v) is 3.83. The van der Waals surface area contributed by atoms with E-state index < -0.39 is 34.8 Å². The summed E-state index contributed by atoms with van der Waals surface area (Å²) in [5.74, 6) is -0.909. The number of rotatable bonds is 7. The normalized spacial score (nSPS) is 11.8. The van der Waals surface area contributed by atoms with E-state index in [9.17, 15) is 31.1 Å². The number of hydrogen-bond donors (Lipinski definition) is 1. The molecule has 0 radical (unpaired) electrons. The summed E-state index contributed by atoms with van der Waals surface area (Å²) in [6, 6.07) is 11.2. The zero-order valence-corrected chi connectivity index (χ0v) is 17.7. The maximum atomic E-state index is 13.5. The average molecular weight is 490 g/mol. The first-order chi connectivity index (χ1) is 15.5. The minimum atomic E-state index is -4.85. The van der Waals surface area contributed by atoms with Crippen LogP contribution in [0.1, 0.15) is 20.9 Å². The number of alkyl halides is 6. The lowest BCUT2D eigenvalue weighted by Crippen LogP contribution is -2.27. The molecule has 0 spiro atoms. The van der Waals surface area contributed by atoms with Gasteiger partial charge in [0.25, 0.3) is 5.91 Å². The molecule has 5 nitrogen and oxygen atoms in total. The summed E-state index contributed by atoms with van der Waals surface area (Å²) in [7, 11) is 1.45. The number of halogens is 6. The monoisotopic (exact) mass is 490 g/mol. The number of aromatic nitrogens is 1. The lowest BCUT2D eigenvalue weighted by molar-refractivity contribution is -0.274. The van der Waals surface area contributed by atoms with Crippen LogP contribution in [0.25, 0.3) is 10.6 Å². The summed E-state index contributed by atoms with van der Waals surface area (Å²) in [5, 5.41) is 2.37. The highest BCUT2D eigenvalue weighted by Gasteiger charge is 2.39. The number of nitrogens with zero attached hydrogens (tertiary/aromatic N) is 1. The van der Waals surface area contributed by atoms with Gasteiger partial charge in [0.2, 0.25) is 0 Å². The summed E-state index contributed by atoms with van der Waals surface area (Å²) >= 11 is 0.587. The Hall–Kier alpha value is -3.28. The summed E-state index contributed by atoms with van der Waals surface area (Å²) in [5.41, 5.74) is -0.528. The molecule has 1 heterocycles. The number of amides is 1. The van der Waals surface area contributed by atoms with Crippen LogP contribution in [0.4, 0.5) is 26.3 Å². The predicted octanol–water partition coefficient (Wildman–Crippen LogP) is 5.71. The highest BCUT2D eigenvalue weighted by atomic mass is 32.1. The zero-order valence-electron chi connectivity index (χ0n) is 16.9. The number of thiazole rings is 1. The Kier molecular flexibility index (Phi) is 7.15. The molecule has 12 heteroatoms. The van der Waals surface area contributed by atoms with Crippen LogP contribution in [0.5, 0.6) is 11.5 Å². The molecule has 1 N–H and O–H groups in total. The van der Waals surface area contributed by atoms with E-state index in [0.29, 0.717) is 28.2 Å². The summed E-state index contributed by atoms with van der Waals surface area (Å²) in [4.78, 5) is 15.5.